The van der Waals surface area contributed by atoms with E-state index >= 15 is 0 Å². The molecule has 0 amide bonds. The third-order valence-electron chi connectivity index (χ3n) is 0.701. The molecule has 0 aliphatic rings. The van der Waals surface area contributed by atoms with Crippen LogP contribution in [-0.4, -0.2) is 39.4 Å². The second kappa shape index (κ2) is 7.36. The lowest BCUT2D eigenvalue weighted by molar-refractivity contribution is 0.279. The fourth-order valence-electron chi connectivity index (χ4n) is 0.454. The normalized spacial score (nSPS) is 15.2. The molecule has 0 heterocycles. The summed E-state index contributed by atoms with van der Waals surface area (Å²) in [5.74, 6) is 0. The van der Waals surface area contributed by atoms with Crippen LogP contribution in [0.2, 0.25) is 0 Å². The standard InChI is InChI=1S/C3H9O3P.C3H8O3S/c2*1-3-6-7(2,4)5/h3H2,1-2H3,(H,4,5);3H2,1-2H3. The summed E-state index contributed by atoms with van der Waals surface area (Å²) >= 11 is 0. The van der Waals surface area contributed by atoms with Gasteiger partial charge in [0.25, 0.3) is 10.1 Å². The van der Waals surface area contributed by atoms with Crippen LogP contribution in [0.5, 0.6) is 0 Å². The predicted octanol–water partition coefficient (Wildman–Crippen LogP) is 0.821. The van der Waals surface area contributed by atoms with Crippen molar-refractivity contribution in [2.24, 2.45) is 0 Å². The van der Waals surface area contributed by atoms with E-state index in [2.05, 4.69) is 8.71 Å². The van der Waals surface area contributed by atoms with Gasteiger partial charge in [0.15, 0.2) is 0 Å². The van der Waals surface area contributed by atoms with Gasteiger partial charge in [0.05, 0.1) is 19.5 Å². The van der Waals surface area contributed by atoms with Gasteiger partial charge >= 0.3 is 7.60 Å². The molecule has 0 radical (unpaired) electrons. The van der Waals surface area contributed by atoms with Crippen molar-refractivity contribution in [3.63, 3.8) is 0 Å². The number of hydrogen-bond acceptors (Lipinski definition) is 5. The SMILES string of the molecule is CCOP(C)(=O)O.CCOS(C)(=O)=O. The summed E-state index contributed by atoms with van der Waals surface area (Å²) in [5, 5.41) is 0. The summed E-state index contributed by atoms with van der Waals surface area (Å²) in [6.45, 7) is 4.98. The van der Waals surface area contributed by atoms with Gasteiger partial charge in [-0.05, 0) is 13.8 Å². The van der Waals surface area contributed by atoms with Crippen molar-refractivity contribution in [3.8, 4) is 0 Å². The number of rotatable bonds is 4. The Balaban J connectivity index is 0. The van der Waals surface area contributed by atoms with E-state index < -0.39 is 17.7 Å². The monoisotopic (exact) mass is 248 g/mol. The molecule has 8 heteroatoms. The largest absolute Gasteiger partial charge is 0.325 e. The molecule has 0 aliphatic carbocycles. The smallest absolute Gasteiger partial charge is 0.324 e. The molecule has 0 saturated carbocycles. The van der Waals surface area contributed by atoms with Gasteiger partial charge in [0, 0.05) is 6.66 Å². The second-order valence-corrected chi connectivity index (χ2v) is 5.84. The maximum Gasteiger partial charge on any atom is 0.325 e. The fraction of sp³-hybridized carbons (Fsp3) is 1.00. The van der Waals surface area contributed by atoms with E-state index in [0.717, 1.165) is 12.9 Å². The lowest BCUT2D eigenvalue weighted by atomic mass is 10.9. The molecule has 0 bridgehead atoms. The molecule has 0 aromatic rings. The van der Waals surface area contributed by atoms with Gasteiger partial charge in [-0.25, -0.2) is 0 Å². The lowest BCUT2D eigenvalue weighted by Crippen LogP contribution is -2.00. The zero-order chi connectivity index (χ0) is 11.8. The highest BCUT2D eigenvalue weighted by Gasteiger charge is 2.05. The van der Waals surface area contributed by atoms with Gasteiger partial charge in [-0.3, -0.25) is 8.75 Å². The minimum atomic E-state index is -3.17. The van der Waals surface area contributed by atoms with Crippen molar-refractivity contribution in [3.05, 3.63) is 0 Å². The molecule has 1 unspecified atom stereocenters. The van der Waals surface area contributed by atoms with E-state index in [-0.39, 0.29) is 6.61 Å². The van der Waals surface area contributed by atoms with Crippen molar-refractivity contribution in [2.75, 3.05) is 26.1 Å². The molecule has 0 saturated heterocycles. The Bertz CT molecular complexity index is 266. The molecule has 0 fully saturated rings. The Kier molecular flexibility index (Phi) is 8.67. The van der Waals surface area contributed by atoms with Crippen molar-refractivity contribution < 1.29 is 26.6 Å². The van der Waals surface area contributed by atoms with Crippen LogP contribution in [0.15, 0.2) is 0 Å². The first-order valence-electron chi connectivity index (χ1n) is 3.91. The summed E-state index contributed by atoms with van der Waals surface area (Å²) in [6.07, 6.45) is 1.02. The van der Waals surface area contributed by atoms with E-state index in [4.69, 9.17) is 4.89 Å². The van der Waals surface area contributed by atoms with Crippen LogP contribution in [0.1, 0.15) is 13.8 Å². The molecule has 6 nitrogen and oxygen atoms in total. The zero-order valence-electron chi connectivity index (χ0n) is 8.76. The van der Waals surface area contributed by atoms with Gasteiger partial charge in [0.1, 0.15) is 0 Å². The number of hydrogen-bond donors (Lipinski definition) is 1. The highest BCUT2D eigenvalue weighted by Crippen LogP contribution is 2.35. The summed E-state index contributed by atoms with van der Waals surface area (Å²) in [6, 6.07) is 0. The maximum absolute atomic E-state index is 10.1. The predicted molar refractivity (Wildman–Crippen MR) is 53.8 cm³/mol. The van der Waals surface area contributed by atoms with Crippen molar-refractivity contribution >= 4 is 17.7 Å². The van der Waals surface area contributed by atoms with Crippen LogP contribution in [0, 0.1) is 0 Å². The van der Waals surface area contributed by atoms with Crippen LogP contribution in [0.4, 0.5) is 0 Å². The van der Waals surface area contributed by atoms with Crippen molar-refractivity contribution in [1.82, 2.24) is 0 Å². The third-order valence-corrected chi connectivity index (χ3v) is 2.10. The maximum atomic E-state index is 10.1. The first kappa shape index (κ1) is 16.5. The molecule has 0 rings (SSSR count). The molecule has 1 N–H and O–H groups in total. The van der Waals surface area contributed by atoms with Crippen molar-refractivity contribution in [1.29, 1.82) is 0 Å². The molecule has 0 spiro atoms. The minimum absolute atomic E-state index is 0.221. The summed E-state index contributed by atoms with van der Waals surface area (Å²) in [5.41, 5.74) is 0. The average Bonchev–Trinajstić information content (AvgIpc) is 1.81. The Morgan fingerprint density at radius 2 is 1.71 bits per heavy atom. The summed E-state index contributed by atoms with van der Waals surface area (Å²) in [4.78, 5) is 8.35. The van der Waals surface area contributed by atoms with E-state index in [1.54, 1.807) is 13.8 Å². The van der Waals surface area contributed by atoms with E-state index in [1.807, 2.05) is 0 Å². The van der Waals surface area contributed by atoms with Crippen LogP contribution < -0.4 is 0 Å². The molecule has 0 aliphatic heterocycles. The molecular weight excluding hydrogens is 231 g/mol. The summed E-state index contributed by atoms with van der Waals surface area (Å²) < 4.78 is 38.7. The molecule has 88 valence electrons. The molecule has 1 atom stereocenters. The fourth-order valence-corrected chi connectivity index (χ4v) is 1.36. The third kappa shape index (κ3) is 22.7. The molecule has 14 heavy (non-hydrogen) atoms. The van der Waals surface area contributed by atoms with E-state index in [0.29, 0.717) is 6.61 Å². The topological polar surface area (TPSA) is 89.9 Å². The Morgan fingerprint density at radius 3 is 1.71 bits per heavy atom. The molecule has 0 aromatic carbocycles. The first-order chi connectivity index (χ1) is 6.12. The van der Waals surface area contributed by atoms with Crippen LogP contribution in [0.25, 0.3) is 0 Å². The van der Waals surface area contributed by atoms with Crippen LogP contribution in [-0.2, 0) is 23.4 Å². The lowest BCUT2D eigenvalue weighted by Gasteiger charge is -2.00. The van der Waals surface area contributed by atoms with E-state index in [1.165, 1.54) is 0 Å². The quantitative estimate of drug-likeness (QED) is 0.585. The Labute approximate surface area is 84.9 Å². The van der Waals surface area contributed by atoms with Gasteiger partial charge in [-0.1, -0.05) is 0 Å². The van der Waals surface area contributed by atoms with Crippen molar-refractivity contribution in [2.45, 2.75) is 13.8 Å². The summed E-state index contributed by atoms with van der Waals surface area (Å²) in [7, 11) is -6.34. The highest BCUT2D eigenvalue weighted by molar-refractivity contribution is 7.85. The highest BCUT2D eigenvalue weighted by atomic mass is 32.2. The van der Waals surface area contributed by atoms with Gasteiger partial charge < -0.3 is 9.42 Å². The van der Waals surface area contributed by atoms with E-state index in [9.17, 15) is 13.0 Å². The molecule has 0 aromatic heterocycles. The van der Waals surface area contributed by atoms with Gasteiger partial charge in [-0.15, -0.1) is 0 Å². The average molecular weight is 248 g/mol. The van der Waals surface area contributed by atoms with Gasteiger partial charge in [-0.2, -0.15) is 8.42 Å². The first-order valence-corrected chi connectivity index (χ1v) is 7.75. The van der Waals surface area contributed by atoms with Crippen LogP contribution in [0.3, 0.4) is 0 Å². The molecular formula is C6H17O6PS. The zero-order valence-corrected chi connectivity index (χ0v) is 10.5. The Morgan fingerprint density at radius 1 is 1.29 bits per heavy atom. The van der Waals surface area contributed by atoms with Gasteiger partial charge in [0.2, 0.25) is 0 Å². The van der Waals surface area contributed by atoms with Crippen LogP contribution >= 0.6 is 7.60 Å². The Hall–Kier alpha value is 0.0600. The minimum Gasteiger partial charge on any atom is -0.324 e. The second-order valence-electron chi connectivity index (χ2n) is 2.33.